The molecule has 1 aliphatic heterocycles. The van der Waals surface area contributed by atoms with Crippen LogP contribution in [0.3, 0.4) is 0 Å². The number of sulfonamides is 1. The molecule has 4 rings (SSSR count). The van der Waals surface area contributed by atoms with Gasteiger partial charge in [0, 0.05) is 29.8 Å². The molecule has 0 saturated carbocycles. The Morgan fingerprint density at radius 2 is 1.85 bits per heavy atom. The molecule has 1 fully saturated rings. The predicted octanol–water partition coefficient (Wildman–Crippen LogP) is 5.62. The topological polar surface area (TPSA) is 153 Å². The van der Waals surface area contributed by atoms with Crippen molar-refractivity contribution in [2.24, 2.45) is 0 Å². The van der Waals surface area contributed by atoms with Crippen molar-refractivity contribution in [1.29, 1.82) is 0 Å². The molecule has 0 atom stereocenters. The number of benzene rings is 2. The summed E-state index contributed by atoms with van der Waals surface area (Å²) in [6.45, 7) is -0.285. The number of rotatable bonds is 9. The fourth-order valence-corrected chi connectivity index (χ4v) is 8.19. The lowest BCUT2D eigenvalue weighted by Gasteiger charge is -2.32. The average Bonchev–Trinajstić information content (AvgIpc) is 3.21. The maximum atomic E-state index is 13.1. The smallest absolute Gasteiger partial charge is 0.349 e. The monoisotopic (exact) mass is 678 g/mol. The number of piperidine rings is 1. The second-order valence-corrected chi connectivity index (χ2v) is 13.1. The number of nitrogens with zero attached hydrogens (tertiary/aromatic N) is 1. The van der Waals surface area contributed by atoms with Crippen LogP contribution in [-0.2, 0) is 14.8 Å². The van der Waals surface area contributed by atoms with Crippen molar-refractivity contribution in [3.63, 3.8) is 0 Å². The Hall–Kier alpha value is -2.55. The molecule has 1 saturated heterocycles. The minimum atomic E-state index is -4.01. The summed E-state index contributed by atoms with van der Waals surface area (Å²) in [5.74, 6) is -3.06. The van der Waals surface area contributed by atoms with Gasteiger partial charge < -0.3 is 25.4 Å². The number of halogens is 3. The number of carboxylic acids is 2. The first-order valence-electron chi connectivity index (χ1n) is 11.3. The van der Waals surface area contributed by atoms with Gasteiger partial charge in [-0.1, -0.05) is 35.3 Å². The number of hydrogen-bond donors (Lipinski definition) is 4. The van der Waals surface area contributed by atoms with Gasteiger partial charge >= 0.3 is 11.9 Å². The summed E-state index contributed by atoms with van der Waals surface area (Å²) in [5, 5.41) is 32.0. The first-order chi connectivity index (χ1) is 18.4. The number of aromatic hydroxyl groups is 1. The molecular formula is C24H21BrCl2N2O8S2. The number of hydrogen-bond acceptors (Lipinski definition) is 8. The van der Waals surface area contributed by atoms with Gasteiger partial charge in [0.15, 0.2) is 23.0 Å². The first kappa shape index (κ1) is 29.4. The minimum Gasteiger partial charge on any atom is -0.505 e. The highest BCUT2D eigenvalue weighted by molar-refractivity contribution is 9.10. The van der Waals surface area contributed by atoms with Crippen LogP contribution in [0.25, 0.3) is 10.4 Å². The van der Waals surface area contributed by atoms with E-state index in [0.717, 1.165) is 17.0 Å². The van der Waals surface area contributed by atoms with Gasteiger partial charge in [-0.25, -0.2) is 18.0 Å². The van der Waals surface area contributed by atoms with Gasteiger partial charge in [0.2, 0.25) is 10.0 Å². The third-order valence-corrected chi connectivity index (χ3v) is 10.5. The molecule has 0 unspecified atom stereocenters. The van der Waals surface area contributed by atoms with Crippen LogP contribution in [-0.4, -0.2) is 65.7 Å². The molecule has 0 bridgehead atoms. The second-order valence-electron chi connectivity index (χ2n) is 8.53. The van der Waals surface area contributed by atoms with E-state index in [1.165, 1.54) is 16.4 Å². The molecule has 4 N–H and O–H groups in total. The number of aromatic carboxylic acids is 1. The van der Waals surface area contributed by atoms with Crippen LogP contribution in [0.5, 0.6) is 11.5 Å². The van der Waals surface area contributed by atoms with Crippen molar-refractivity contribution in [3.8, 4) is 21.9 Å². The van der Waals surface area contributed by atoms with Gasteiger partial charge in [-0.3, -0.25) is 0 Å². The van der Waals surface area contributed by atoms with E-state index >= 15 is 0 Å². The van der Waals surface area contributed by atoms with Crippen LogP contribution in [0, 0.1) is 0 Å². The molecule has 15 heteroatoms. The normalized spacial score (nSPS) is 14.7. The van der Waals surface area contributed by atoms with Crippen LogP contribution in [0.15, 0.2) is 45.8 Å². The Bertz CT molecular complexity index is 1540. The Morgan fingerprint density at radius 1 is 1.15 bits per heavy atom. The van der Waals surface area contributed by atoms with E-state index in [9.17, 15) is 28.2 Å². The summed E-state index contributed by atoms with van der Waals surface area (Å²) >= 11 is 16.2. The molecule has 0 radical (unpaired) electrons. The van der Waals surface area contributed by atoms with Crippen molar-refractivity contribution in [2.75, 3.05) is 25.0 Å². The second kappa shape index (κ2) is 11.9. The number of aliphatic carboxylic acids is 1. The first-order valence-corrected chi connectivity index (χ1v) is 15.1. The highest BCUT2D eigenvalue weighted by atomic mass is 79.9. The largest absolute Gasteiger partial charge is 0.505 e. The number of phenols is 1. The lowest BCUT2D eigenvalue weighted by molar-refractivity contribution is -0.139. The fourth-order valence-electron chi connectivity index (χ4n) is 4.09. The van der Waals surface area contributed by atoms with Gasteiger partial charge in [0.1, 0.15) is 4.90 Å². The summed E-state index contributed by atoms with van der Waals surface area (Å²) in [6.07, 6.45) is 0.967. The number of thiophene rings is 1. The van der Waals surface area contributed by atoms with Gasteiger partial charge in [0.25, 0.3) is 0 Å². The zero-order valence-electron chi connectivity index (χ0n) is 19.9. The zero-order chi connectivity index (χ0) is 28.5. The summed E-state index contributed by atoms with van der Waals surface area (Å²) in [4.78, 5) is 22.7. The Balaban J connectivity index is 1.48. The standard InChI is InChI=1S/C24H21BrCl2N2O8S2/c25-19-21(37-11-18(30)31)23(24(33)34)38-22(19)12-2-1-3-15(8-12)28-14-4-6-29(7-5-14)39(35,36)17-10-13(26)9-16(27)20(17)32/h1-3,8-10,14,28,32H,4-7,11H2,(H,30,31)(H,33,34). The van der Waals surface area contributed by atoms with E-state index in [0.29, 0.717) is 27.8 Å². The van der Waals surface area contributed by atoms with Crippen molar-refractivity contribution in [2.45, 2.75) is 23.8 Å². The molecule has 208 valence electrons. The Kier molecular flexibility index (Phi) is 8.98. The number of phenolic OH excluding ortho intramolecular Hbond substituents is 1. The minimum absolute atomic E-state index is 0.0520. The van der Waals surface area contributed by atoms with E-state index in [1.54, 1.807) is 12.1 Å². The quantitative estimate of drug-likeness (QED) is 0.226. The summed E-state index contributed by atoms with van der Waals surface area (Å²) < 4.78 is 33.1. The highest BCUT2D eigenvalue weighted by Crippen LogP contribution is 2.46. The van der Waals surface area contributed by atoms with Crippen molar-refractivity contribution < 1.29 is 38.1 Å². The zero-order valence-corrected chi connectivity index (χ0v) is 24.6. The molecular weight excluding hydrogens is 659 g/mol. The molecule has 2 aromatic carbocycles. The van der Waals surface area contributed by atoms with Crippen molar-refractivity contribution >= 4 is 78.1 Å². The maximum Gasteiger partial charge on any atom is 0.349 e. The molecule has 2 heterocycles. The van der Waals surface area contributed by atoms with Gasteiger partial charge in [0.05, 0.1) is 14.4 Å². The van der Waals surface area contributed by atoms with Crippen LogP contribution in [0.1, 0.15) is 22.5 Å². The summed E-state index contributed by atoms with van der Waals surface area (Å²) in [6, 6.07) is 9.60. The molecule has 0 spiro atoms. The van der Waals surface area contributed by atoms with Gasteiger partial charge in [-0.05, 0) is 58.6 Å². The van der Waals surface area contributed by atoms with Crippen LogP contribution in [0.2, 0.25) is 10.0 Å². The van der Waals surface area contributed by atoms with Crippen LogP contribution < -0.4 is 10.1 Å². The number of anilines is 1. The molecule has 1 aromatic heterocycles. The van der Waals surface area contributed by atoms with E-state index in [-0.39, 0.29) is 44.7 Å². The van der Waals surface area contributed by atoms with Gasteiger partial charge in [-0.15, -0.1) is 11.3 Å². The van der Waals surface area contributed by atoms with Crippen LogP contribution >= 0.6 is 50.5 Å². The van der Waals surface area contributed by atoms with E-state index < -0.39 is 34.3 Å². The fraction of sp³-hybridized carbons (Fsp3) is 0.250. The Morgan fingerprint density at radius 3 is 2.49 bits per heavy atom. The molecule has 3 aromatic rings. The lowest BCUT2D eigenvalue weighted by atomic mass is 10.1. The van der Waals surface area contributed by atoms with Crippen molar-refractivity contribution in [1.82, 2.24) is 4.31 Å². The van der Waals surface area contributed by atoms with E-state index in [4.69, 9.17) is 33.0 Å². The summed E-state index contributed by atoms with van der Waals surface area (Å²) in [7, 11) is -4.01. The Labute approximate surface area is 245 Å². The third kappa shape index (κ3) is 6.44. The van der Waals surface area contributed by atoms with E-state index in [1.807, 2.05) is 12.1 Å². The summed E-state index contributed by atoms with van der Waals surface area (Å²) in [5.41, 5.74) is 1.41. The number of carboxylic acid groups (broad SMARTS) is 2. The average molecular weight is 680 g/mol. The number of nitrogens with one attached hydrogen (secondary N) is 1. The van der Waals surface area contributed by atoms with Gasteiger partial charge in [-0.2, -0.15) is 4.31 Å². The van der Waals surface area contributed by atoms with Crippen LogP contribution in [0.4, 0.5) is 5.69 Å². The highest BCUT2D eigenvalue weighted by Gasteiger charge is 2.32. The lowest BCUT2D eigenvalue weighted by Crippen LogP contribution is -2.42. The predicted molar refractivity (Wildman–Crippen MR) is 151 cm³/mol. The van der Waals surface area contributed by atoms with Crippen molar-refractivity contribution in [3.05, 3.63) is 55.8 Å². The molecule has 0 aliphatic carbocycles. The SMILES string of the molecule is O=C(O)COc1c(C(=O)O)sc(-c2cccc(NC3CCN(S(=O)(=O)c4cc(Cl)cc(Cl)c4O)CC3)c2)c1Br. The molecule has 1 aliphatic rings. The maximum absolute atomic E-state index is 13.1. The number of carbonyl (C=O) groups is 2. The number of ether oxygens (including phenoxy) is 1. The molecule has 10 nitrogen and oxygen atoms in total. The molecule has 0 amide bonds. The third-order valence-electron chi connectivity index (χ3n) is 5.90. The van der Waals surface area contributed by atoms with E-state index in [2.05, 4.69) is 21.2 Å². The molecule has 39 heavy (non-hydrogen) atoms.